The predicted octanol–water partition coefficient (Wildman–Crippen LogP) is 4.87. The molecule has 0 unspecified atom stereocenters. The maximum absolute atomic E-state index is 10.3. The van der Waals surface area contributed by atoms with E-state index in [1.807, 2.05) is 0 Å². The van der Waals surface area contributed by atoms with Crippen LogP contribution in [-0.4, -0.2) is 23.3 Å². The Labute approximate surface area is 129 Å². The lowest BCUT2D eigenvalue weighted by molar-refractivity contribution is -0.137. The summed E-state index contributed by atoms with van der Waals surface area (Å²) in [7, 11) is 0. The molecule has 3 heteroatoms. The van der Waals surface area contributed by atoms with E-state index in [9.17, 15) is 4.79 Å². The number of aliphatic carboxylic acids is 1. The first-order valence-electron chi connectivity index (χ1n) is 8.41. The summed E-state index contributed by atoms with van der Waals surface area (Å²) < 4.78 is 5.60. The van der Waals surface area contributed by atoms with E-state index in [1.165, 1.54) is 12.8 Å². The number of rotatable bonds is 13. The molecule has 21 heavy (non-hydrogen) atoms. The van der Waals surface area contributed by atoms with Crippen LogP contribution >= 0.6 is 0 Å². The molecule has 0 aromatic carbocycles. The predicted molar refractivity (Wildman–Crippen MR) is 86.4 cm³/mol. The van der Waals surface area contributed by atoms with Crippen molar-refractivity contribution in [2.75, 3.05) is 0 Å². The van der Waals surface area contributed by atoms with E-state index in [0.717, 1.165) is 44.9 Å². The molecule has 0 saturated carbocycles. The Morgan fingerprint density at radius 1 is 0.952 bits per heavy atom. The normalized spacial score (nSPS) is 21.4. The van der Waals surface area contributed by atoms with Crippen LogP contribution in [0, 0.1) is 0 Å². The van der Waals surface area contributed by atoms with Crippen LogP contribution in [0.4, 0.5) is 0 Å². The van der Waals surface area contributed by atoms with Gasteiger partial charge in [-0.2, -0.15) is 0 Å². The Bertz CT molecular complexity index is 333. The topological polar surface area (TPSA) is 49.8 Å². The van der Waals surface area contributed by atoms with Crippen LogP contribution in [-0.2, 0) is 9.53 Å². The fourth-order valence-electron chi connectivity index (χ4n) is 2.41. The highest BCUT2D eigenvalue weighted by molar-refractivity contribution is 5.66. The number of unbranched alkanes of at least 4 members (excludes halogenated alkanes) is 5. The Morgan fingerprint density at radius 3 is 2.24 bits per heavy atom. The Balaban J connectivity index is 1.84. The van der Waals surface area contributed by atoms with Crippen LogP contribution in [0.3, 0.4) is 0 Å². The van der Waals surface area contributed by atoms with Gasteiger partial charge in [0.2, 0.25) is 0 Å². The molecule has 1 N–H and O–H groups in total. The van der Waals surface area contributed by atoms with Crippen LogP contribution in [0.15, 0.2) is 24.3 Å². The van der Waals surface area contributed by atoms with Gasteiger partial charge in [-0.1, -0.05) is 50.5 Å². The zero-order valence-electron chi connectivity index (χ0n) is 13.3. The van der Waals surface area contributed by atoms with Gasteiger partial charge in [0.25, 0.3) is 0 Å². The van der Waals surface area contributed by atoms with Gasteiger partial charge >= 0.3 is 5.97 Å². The third-order valence-electron chi connectivity index (χ3n) is 3.75. The lowest BCUT2D eigenvalue weighted by atomic mass is 10.1. The molecular formula is C18H30O3. The zero-order valence-corrected chi connectivity index (χ0v) is 13.3. The molecule has 0 spiro atoms. The minimum atomic E-state index is -0.677. The van der Waals surface area contributed by atoms with E-state index in [1.54, 1.807) is 0 Å². The lowest BCUT2D eigenvalue weighted by Gasteiger charge is -1.98. The molecule has 1 saturated heterocycles. The fraction of sp³-hybridized carbons (Fsp3) is 0.722. The zero-order chi connectivity index (χ0) is 15.3. The number of carboxylic acids is 1. The molecular weight excluding hydrogens is 264 g/mol. The van der Waals surface area contributed by atoms with E-state index < -0.39 is 5.97 Å². The monoisotopic (exact) mass is 294 g/mol. The van der Waals surface area contributed by atoms with Gasteiger partial charge in [-0.05, 0) is 38.5 Å². The van der Waals surface area contributed by atoms with Gasteiger partial charge < -0.3 is 9.84 Å². The van der Waals surface area contributed by atoms with Gasteiger partial charge in [0, 0.05) is 6.42 Å². The highest BCUT2D eigenvalue weighted by Crippen LogP contribution is 2.29. The van der Waals surface area contributed by atoms with E-state index >= 15 is 0 Å². The third-order valence-corrected chi connectivity index (χ3v) is 3.75. The third kappa shape index (κ3) is 10.3. The second-order valence-corrected chi connectivity index (χ2v) is 5.74. The standard InChI is InChI=1S/C18H30O3/c1-2-3-10-13-16-17(21-16)14-11-8-6-4-5-7-9-12-15-18(19)20/h3,8,10-11,16-17H,2,4-7,9,12-15H2,1H3,(H,19,20)/b10-3+,11-8-/t16-,17-/m1/s1. The molecule has 1 aliphatic heterocycles. The van der Waals surface area contributed by atoms with Crippen LogP contribution in [0.2, 0.25) is 0 Å². The van der Waals surface area contributed by atoms with Gasteiger partial charge in [0.05, 0.1) is 12.2 Å². The minimum absolute atomic E-state index is 0.315. The molecule has 3 nitrogen and oxygen atoms in total. The summed E-state index contributed by atoms with van der Waals surface area (Å²) in [6.45, 7) is 2.15. The summed E-state index contributed by atoms with van der Waals surface area (Å²) in [5, 5.41) is 8.52. The quantitative estimate of drug-likeness (QED) is 0.299. The second kappa shape index (κ2) is 11.6. The number of epoxide rings is 1. The first kappa shape index (κ1) is 18.0. The van der Waals surface area contributed by atoms with Gasteiger partial charge in [0.15, 0.2) is 0 Å². The lowest BCUT2D eigenvalue weighted by Crippen LogP contribution is -1.93. The van der Waals surface area contributed by atoms with Crippen molar-refractivity contribution in [1.29, 1.82) is 0 Å². The Morgan fingerprint density at radius 2 is 1.57 bits per heavy atom. The van der Waals surface area contributed by atoms with Gasteiger partial charge in [-0.25, -0.2) is 0 Å². The van der Waals surface area contributed by atoms with Crippen molar-refractivity contribution in [3.05, 3.63) is 24.3 Å². The fourth-order valence-corrected chi connectivity index (χ4v) is 2.41. The van der Waals surface area contributed by atoms with Crippen molar-refractivity contribution in [1.82, 2.24) is 0 Å². The number of carbonyl (C=O) groups is 1. The molecule has 1 heterocycles. The molecule has 0 aromatic heterocycles. The molecule has 1 fully saturated rings. The minimum Gasteiger partial charge on any atom is -0.481 e. The number of allylic oxidation sites excluding steroid dienone is 2. The highest BCUT2D eigenvalue weighted by atomic mass is 16.6. The molecule has 0 aromatic rings. The van der Waals surface area contributed by atoms with Crippen LogP contribution < -0.4 is 0 Å². The average molecular weight is 294 g/mol. The molecule has 0 radical (unpaired) electrons. The van der Waals surface area contributed by atoms with Gasteiger partial charge in [-0.15, -0.1) is 0 Å². The van der Waals surface area contributed by atoms with Crippen molar-refractivity contribution in [3.63, 3.8) is 0 Å². The molecule has 120 valence electrons. The van der Waals surface area contributed by atoms with Crippen molar-refractivity contribution in [2.24, 2.45) is 0 Å². The summed E-state index contributed by atoms with van der Waals surface area (Å²) in [6.07, 6.45) is 19.9. The molecule has 0 amide bonds. The maximum Gasteiger partial charge on any atom is 0.303 e. The summed E-state index contributed by atoms with van der Waals surface area (Å²) >= 11 is 0. The molecule has 0 bridgehead atoms. The van der Waals surface area contributed by atoms with Crippen molar-refractivity contribution < 1.29 is 14.6 Å². The molecule has 1 rings (SSSR count). The summed E-state index contributed by atoms with van der Waals surface area (Å²) in [6, 6.07) is 0. The smallest absolute Gasteiger partial charge is 0.303 e. The summed E-state index contributed by atoms with van der Waals surface area (Å²) in [5.74, 6) is -0.677. The first-order chi connectivity index (χ1) is 10.2. The molecule has 2 atom stereocenters. The first-order valence-corrected chi connectivity index (χ1v) is 8.41. The Kier molecular flexibility index (Phi) is 9.88. The number of ether oxygens (including phenoxy) is 1. The highest BCUT2D eigenvalue weighted by Gasteiger charge is 2.35. The number of hydrogen-bond donors (Lipinski definition) is 1. The van der Waals surface area contributed by atoms with E-state index in [0.29, 0.717) is 18.6 Å². The van der Waals surface area contributed by atoms with Gasteiger partial charge in [-0.3, -0.25) is 4.79 Å². The maximum atomic E-state index is 10.3. The summed E-state index contributed by atoms with van der Waals surface area (Å²) in [5.41, 5.74) is 0. The van der Waals surface area contributed by atoms with Crippen LogP contribution in [0.1, 0.15) is 71.1 Å². The van der Waals surface area contributed by atoms with Crippen LogP contribution in [0.5, 0.6) is 0 Å². The van der Waals surface area contributed by atoms with Crippen molar-refractivity contribution in [2.45, 2.75) is 83.3 Å². The SMILES string of the molecule is CC/C=C/C[C@H]1O[C@@H]1C/C=C\CCCCCCCC(=O)O. The summed E-state index contributed by atoms with van der Waals surface area (Å²) in [4.78, 5) is 10.3. The largest absolute Gasteiger partial charge is 0.481 e. The van der Waals surface area contributed by atoms with E-state index in [4.69, 9.17) is 9.84 Å². The average Bonchev–Trinajstić information content (AvgIpc) is 3.19. The van der Waals surface area contributed by atoms with Gasteiger partial charge in [0.1, 0.15) is 0 Å². The molecule has 1 aliphatic rings. The second-order valence-electron chi connectivity index (χ2n) is 5.74. The number of hydrogen-bond acceptors (Lipinski definition) is 2. The number of carboxylic acid groups (broad SMARTS) is 1. The van der Waals surface area contributed by atoms with E-state index in [-0.39, 0.29) is 0 Å². The van der Waals surface area contributed by atoms with Crippen molar-refractivity contribution >= 4 is 5.97 Å². The van der Waals surface area contributed by atoms with Crippen molar-refractivity contribution in [3.8, 4) is 0 Å². The van der Waals surface area contributed by atoms with E-state index in [2.05, 4.69) is 31.2 Å². The molecule has 0 aliphatic carbocycles. The van der Waals surface area contributed by atoms with Crippen LogP contribution in [0.25, 0.3) is 0 Å². The Hall–Kier alpha value is -1.09.